The van der Waals surface area contributed by atoms with Gasteiger partial charge in [-0.1, -0.05) is 31.0 Å². The molecule has 1 aromatic carbocycles. The number of carbonyl (C=O) groups excluding carboxylic acids is 1. The molecule has 2 amide bonds. The topological polar surface area (TPSA) is 35.6 Å². The Hall–Kier alpha value is -1.55. The number of hydrogen-bond acceptors (Lipinski definition) is 2. The molecule has 4 heteroatoms. The average molecular weight is 301 g/mol. The highest BCUT2D eigenvalue weighted by molar-refractivity contribution is 5.91. The largest absolute Gasteiger partial charge is 0.321 e. The summed E-state index contributed by atoms with van der Waals surface area (Å²) in [6.45, 7) is 8.24. The van der Waals surface area contributed by atoms with Gasteiger partial charge in [0.1, 0.15) is 0 Å². The quantitative estimate of drug-likeness (QED) is 0.909. The fourth-order valence-electron chi connectivity index (χ4n) is 3.51. The van der Waals surface area contributed by atoms with Crippen molar-refractivity contribution >= 4 is 11.7 Å². The summed E-state index contributed by atoms with van der Waals surface area (Å²) in [4.78, 5) is 16.9. The smallest absolute Gasteiger partial charge is 0.321 e. The Kier molecular flexibility index (Phi) is 4.67. The number of urea groups is 1. The molecule has 2 heterocycles. The summed E-state index contributed by atoms with van der Waals surface area (Å²) in [7, 11) is 0. The Morgan fingerprint density at radius 1 is 1.05 bits per heavy atom. The number of carbonyl (C=O) groups is 1. The van der Waals surface area contributed by atoms with E-state index in [4.69, 9.17) is 0 Å². The van der Waals surface area contributed by atoms with Crippen molar-refractivity contribution < 1.29 is 4.79 Å². The lowest BCUT2D eigenvalue weighted by Gasteiger charge is -2.45. The summed E-state index contributed by atoms with van der Waals surface area (Å²) in [5.74, 6) is 0. The number of benzene rings is 1. The fraction of sp³-hybridized carbons (Fsp3) is 0.611. The minimum absolute atomic E-state index is 0.0449. The van der Waals surface area contributed by atoms with Crippen LogP contribution in [0.25, 0.3) is 0 Å². The van der Waals surface area contributed by atoms with Crippen LogP contribution in [0, 0.1) is 13.8 Å². The maximum atomic E-state index is 12.4. The van der Waals surface area contributed by atoms with E-state index in [1.54, 1.807) is 0 Å². The van der Waals surface area contributed by atoms with Gasteiger partial charge in [-0.05, 0) is 50.9 Å². The van der Waals surface area contributed by atoms with E-state index in [1.807, 2.05) is 36.9 Å². The highest BCUT2D eigenvalue weighted by Crippen LogP contribution is 2.23. The van der Waals surface area contributed by atoms with Crippen molar-refractivity contribution in [3.05, 3.63) is 29.3 Å². The van der Waals surface area contributed by atoms with Crippen LogP contribution in [0.4, 0.5) is 10.5 Å². The van der Waals surface area contributed by atoms with Crippen molar-refractivity contribution in [1.82, 2.24) is 9.80 Å². The first kappa shape index (κ1) is 15.3. The summed E-state index contributed by atoms with van der Waals surface area (Å²) in [6.07, 6.45) is 5.34. The summed E-state index contributed by atoms with van der Waals surface area (Å²) in [5, 5.41) is 3.08. The fourth-order valence-corrected chi connectivity index (χ4v) is 3.51. The average Bonchev–Trinajstić information content (AvgIpc) is 2.71. The molecule has 3 rings (SSSR count). The standard InChI is InChI=1S/C18H27N3O/c1-14-8-7-9-15(2)17(14)19-18(22)21-12-16(13-21)20-10-5-3-4-6-11-20/h7-9,16H,3-6,10-13H2,1-2H3,(H,19,22). The summed E-state index contributed by atoms with van der Waals surface area (Å²) in [6, 6.07) is 6.72. The number of hydrogen-bond donors (Lipinski definition) is 1. The van der Waals surface area contributed by atoms with E-state index in [0.29, 0.717) is 6.04 Å². The second-order valence-corrected chi connectivity index (χ2v) is 6.71. The highest BCUT2D eigenvalue weighted by atomic mass is 16.2. The number of likely N-dealkylation sites (tertiary alicyclic amines) is 2. The van der Waals surface area contributed by atoms with Crippen molar-refractivity contribution in [3.63, 3.8) is 0 Å². The monoisotopic (exact) mass is 301 g/mol. The first-order chi connectivity index (χ1) is 10.6. The number of para-hydroxylation sites is 1. The molecule has 0 radical (unpaired) electrons. The molecular weight excluding hydrogens is 274 g/mol. The van der Waals surface area contributed by atoms with Gasteiger partial charge in [-0.25, -0.2) is 4.79 Å². The highest BCUT2D eigenvalue weighted by Gasteiger charge is 2.34. The van der Waals surface area contributed by atoms with Crippen molar-refractivity contribution in [1.29, 1.82) is 0 Å². The molecule has 0 atom stereocenters. The zero-order valence-electron chi connectivity index (χ0n) is 13.8. The molecule has 2 aliphatic heterocycles. The molecule has 120 valence electrons. The maximum absolute atomic E-state index is 12.4. The number of amides is 2. The van der Waals surface area contributed by atoms with Gasteiger partial charge in [0.05, 0.1) is 0 Å². The van der Waals surface area contributed by atoms with Crippen LogP contribution in [0.1, 0.15) is 36.8 Å². The zero-order valence-corrected chi connectivity index (χ0v) is 13.8. The van der Waals surface area contributed by atoms with E-state index in [0.717, 1.165) is 29.9 Å². The van der Waals surface area contributed by atoms with Gasteiger partial charge in [0.15, 0.2) is 0 Å². The van der Waals surface area contributed by atoms with Crippen molar-refractivity contribution in [2.75, 3.05) is 31.5 Å². The predicted molar refractivity (Wildman–Crippen MR) is 90.3 cm³/mol. The number of rotatable bonds is 2. The maximum Gasteiger partial charge on any atom is 0.321 e. The van der Waals surface area contributed by atoms with Crippen LogP contribution in [0.15, 0.2) is 18.2 Å². The van der Waals surface area contributed by atoms with E-state index in [2.05, 4.69) is 10.2 Å². The third-order valence-corrected chi connectivity index (χ3v) is 5.02. The SMILES string of the molecule is Cc1cccc(C)c1NC(=O)N1CC(N2CCCCCC2)C1. The molecule has 0 aromatic heterocycles. The Labute approximate surface area is 133 Å². The third-order valence-electron chi connectivity index (χ3n) is 5.02. The molecule has 1 N–H and O–H groups in total. The predicted octanol–water partition coefficient (Wildman–Crippen LogP) is 3.40. The van der Waals surface area contributed by atoms with Gasteiger partial charge in [-0.2, -0.15) is 0 Å². The van der Waals surface area contributed by atoms with Crippen LogP contribution < -0.4 is 5.32 Å². The molecule has 0 saturated carbocycles. The Bertz CT molecular complexity index is 509. The number of nitrogens with zero attached hydrogens (tertiary/aromatic N) is 2. The normalized spacial score (nSPS) is 20.4. The molecule has 2 fully saturated rings. The van der Waals surface area contributed by atoms with Gasteiger partial charge in [0.25, 0.3) is 0 Å². The minimum Gasteiger partial charge on any atom is -0.321 e. The Morgan fingerprint density at radius 3 is 2.23 bits per heavy atom. The molecule has 0 aliphatic carbocycles. The van der Waals surface area contributed by atoms with Crippen LogP contribution in [0.3, 0.4) is 0 Å². The number of anilines is 1. The van der Waals surface area contributed by atoms with Gasteiger partial charge >= 0.3 is 6.03 Å². The van der Waals surface area contributed by atoms with Crippen LogP contribution >= 0.6 is 0 Å². The Balaban J connectivity index is 1.53. The van der Waals surface area contributed by atoms with Gasteiger partial charge in [0, 0.05) is 24.8 Å². The molecule has 22 heavy (non-hydrogen) atoms. The second-order valence-electron chi connectivity index (χ2n) is 6.71. The number of nitrogens with one attached hydrogen (secondary N) is 1. The lowest BCUT2D eigenvalue weighted by atomic mass is 10.1. The first-order valence-electron chi connectivity index (χ1n) is 8.51. The summed E-state index contributed by atoms with van der Waals surface area (Å²) >= 11 is 0. The van der Waals surface area contributed by atoms with Crippen LogP contribution in [0.5, 0.6) is 0 Å². The van der Waals surface area contributed by atoms with Gasteiger partial charge < -0.3 is 10.2 Å². The van der Waals surface area contributed by atoms with E-state index in [1.165, 1.54) is 38.8 Å². The molecule has 0 unspecified atom stereocenters. The Morgan fingerprint density at radius 2 is 1.64 bits per heavy atom. The molecule has 4 nitrogen and oxygen atoms in total. The molecule has 1 aromatic rings. The summed E-state index contributed by atoms with van der Waals surface area (Å²) < 4.78 is 0. The van der Waals surface area contributed by atoms with Crippen LogP contribution in [-0.2, 0) is 0 Å². The van der Waals surface area contributed by atoms with Gasteiger partial charge in [-0.3, -0.25) is 4.90 Å². The summed E-state index contributed by atoms with van der Waals surface area (Å²) in [5.41, 5.74) is 3.21. The molecule has 0 spiro atoms. The van der Waals surface area contributed by atoms with Gasteiger partial charge in [-0.15, -0.1) is 0 Å². The lowest BCUT2D eigenvalue weighted by molar-refractivity contribution is 0.0638. The molecule has 2 aliphatic rings. The molecular formula is C18H27N3O. The molecule has 2 saturated heterocycles. The van der Waals surface area contributed by atoms with Crippen LogP contribution in [-0.4, -0.2) is 48.1 Å². The van der Waals surface area contributed by atoms with Crippen molar-refractivity contribution in [2.45, 2.75) is 45.6 Å². The first-order valence-corrected chi connectivity index (χ1v) is 8.51. The lowest BCUT2D eigenvalue weighted by Crippen LogP contribution is -2.62. The van der Waals surface area contributed by atoms with Crippen molar-refractivity contribution in [2.24, 2.45) is 0 Å². The molecule has 0 bridgehead atoms. The second kappa shape index (κ2) is 6.69. The third kappa shape index (κ3) is 3.27. The van der Waals surface area contributed by atoms with E-state index < -0.39 is 0 Å². The van der Waals surface area contributed by atoms with E-state index in [9.17, 15) is 4.79 Å². The number of aryl methyl sites for hydroxylation is 2. The van der Waals surface area contributed by atoms with Crippen LogP contribution in [0.2, 0.25) is 0 Å². The zero-order chi connectivity index (χ0) is 15.5. The van der Waals surface area contributed by atoms with Crippen molar-refractivity contribution in [3.8, 4) is 0 Å². The van der Waals surface area contributed by atoms with Gasteiger partial charge in [0.2, 0.25) is 0 Å². The van der Waals surface area contributed by atoms with E-state index in [-0.39, 0.29) is 6.03 Å². The van der Waals surface area contributed by atoms with E-state index >= 15 is 0 Å². The minimum atomic E-state index is 0.0449.